The Labute approximate surface area is 114 Å². The van der Waals surface area contributed by atoms with Crippen LogP contribution in [0.3, 0.4) is 0 Å². The van der Waals surface area contributed by atoms with Crippen LogP contribution >= 0.6 is 0 Å². The number of fused-ring (bicyclic) bond motifs is 1. The Morgan fingerprint density at radius 2 is 2.16 bits per heavy atom. The largest absolute Gasteiger partial charge is 0.390 e. The van der Waals surface area contributed by atoms with Gasteiger partial charge in [-0.25, -0.2) is 4.68 Å². The van der Waals surface area contributed by atoms with E-state index in [9.17, 15) is 5.11 Å². The first-order chi connectivity index (χ1) is 9.01. The lowest BCUT2D eigenvalue weighted by Crippen LogP contribution is -2.22. The molecule has 6 heteroatoms. The van der Waals surface area contributed by atoms with Crippen molar-refractivity contribution in [2.75, 3.05) is 6.61 Å². The van der Waals surface area contributed by atoms with Crippen LogP contribution in [0, 0.1) is 0 Å². The van der Waals surface area contributed by atoms with Gasteiger partial charge in [-0.3, -0.25) is 4.98 Å². The van der Waals surface area contributed by atoms with Crippen molar-refractivity contribution in [1.29, 1.82) is 0 Å². The van der Waals surface area contributed by atoms with Gasteiger partial charge in [0, 0.05) is 26.3 Å². The maximum atomic E-state index is 9.22. The van der Waals surface area contributed by atoms with Gasteiger partial charge in [-0.05, 0) is 12.1 Å². The number of aliphatic hydroxyl groups is 1. The number of nitrogens with zero attached hydrogens (tertiary/aromatic N) is 3. The molecule has 2 rings (SSSR count). The molecule has 19 heavy (non-hydrogen) atoms. The zero-order chi connectivity index (χ0) is 13.9. The van der Waals surface area contributed by atoms with Crippen LogP contribution in [-0.4, -0.2) is 34.6 Å². The molecule has 0 atom stereocenters. The quantitative estimate of drug-likeness (QED) is 0.651. The van der Waals surface area contributed by atoms with Gasteiger partial charge in [0.1, 0.15) is 6.73 Å². The van der Waals surface area contributed by atoms with Gasteiger partial charge in [0.25, 0.3) is 0 Å². The Kier molecular flexibility index (Phi) is 4.33. The summed E-state index contributed by atoms with van der Waals surface area (Å²) in [6, 6.07) is 3.04. The molecule has 0 unspecified atom stereocenters. The Morgan fingerprint density at radius 3 is 2.84 bits per heavy atom. The highest BCUT2D eigenvalue weighted by Gasteiger charge is 2.12. The molecule has 0 saturated heterocycles. The van der Waals surface area contributed by atoms with Gasteiger partial charge in [-0.15, -0.1) is 0 Å². The van der Waals surface area contributed by atoms with Crippen molar-refractivity contribution in [3.8, 4) is 0 Å². The highest BCUT2D eigenvalue weighted by Crippen LogP contribution is 2.16. The number of aliphatic hydroxyl groups excluding tert-OH is 1. The second-order valence-corrected chi connectivity index (χ2v) is 11.5. The van der Waals surface area contributed by atoms with E-state index >= 15 is 0 Å². The number of hydrogen-bond donors (Lipinski definition) is 1. The Bertz CT molecular complexity index is 548. The second kappa shape index (κ2) is 5.81. The highest BCUT2D eigenvalue weighted by atomic mass is 28.3. The fourth-order valence-corrected chi connectivity index (χ4v) is 2.58. The molecule has 0 spiro atoms. The molecule has 0 saturated carbocycles. The Hall–Kier alpha value is -1.24. The molecule has 1 N–H and O–H groups in total. The van der Waals surface area contributed by atoms with Gasteiger partial charge in [0.05, 0.1) is 24.0 Å². The van der Waals surface area contributed by atoms with E-state index in [0.717, 1.165) is 23.6 Å². The van der Waals surface area contributed by atoms with Gasteiger partial charge < -0.3 is 9.84 Å². The van der Waals surface area contributed by atoms with Crippen molar-refractivity contribution in [1.82, 2.24) is 14.8 Å². The monoisotopic (exact) mass is 279 g/mol. The lowest BCUT2D eigenvalue weighted by molar-refractivity contribution is 0.0817. The molecule has 104 valence electrons. The maximum absolute atomic E-state index is 9.22. The van der Waals surface area contributed by atoms with Crippen LogP contribution in [0.2, 0.25) is 25.7 Å². The standard InChI is InChI=1S/C13H21N3O2Si/c1-19(2,3)7-6-18-10-16-13-4-5-14-12(9-17)11(13)8-15-16/h4-5,8,17H,6-7,9-10H2,1-3H3. The van der Waals surface area contributed by atoms with E-state index in [1.165, 1.54) is 0 Å². The van der Waals surface area contributed by atoms with E-state index in [2.05, 4.69) is 29.7 Å². The number of hydrogen-bond acceptors (Lipinski definition) is 4. The van der Waals surface area contributed by atoms with Crippen molar-refractivity contribution < 1.29 is 9.84 Å². The van der Waals surface area contributed by atoms with E-state index in [4.69, 9.17) is 4.74 Å². The summed E-state index contributed by atoms with van der Waals surface area (Å²) in [4.78, 5) is 4.13. The molecule has 0 aliphatic rings. The predicted molar refractivity (Wildman–Crippen MR) is 77.6 cm³/mol. The lowest BCUT2D eigenvalue weighted by Gasteiger charge is -2.15. The maximum Gasteiger partial charge on any atom is 0.139 e. The minimum Gasteiger partial charge on any atom is -0.390 e. The predicted octanol–water partition coefficient (Wildman–Crippen LogP) is 2.24. The summed E-state index contributed by atoms with van der Waals surface area (Å²) in [6.07, 6.45) is 3.42. The topological polar surface area (TPSA) is 60.2 Å². The van der Waals surface area contributed by atoms with Crippen molar-refractivity contribution >= 4 is 19.0 Å². The van der Waals surface area contributed by atoms with E-state index < -0.39 is 8.07 Å². The number of rotatable bonds is 6. The molecule has 0 bridgehead atoms. The Morgan fingerprint density at radius 1 is 1.37 bits per heavy atom. The van der Waals surface area contributed by atoms with Crippen LogP contribution in [0.15, 0.2) is 18.5 Å². The van der Waals surface area contributed by atoms with Crippen molar-refractivity contribution in [3.05, 3.63) is 24.2 Å². The van der Waals surface area contributed by atoms with Gasteiger partial charge in [-0.2, -0.15) is 5.10 Å². The number of aromatic nitrogens is 3. The first-order valence-corrected chi connectivity index (χ1v) is 10.2. The Balaban J connectivity index is 2.02. The van der Waals surface area contributed by atoms with E-state index in [1.807, 2.05) is 6.07 Å². The van der Waals surface area contributed by atoms with Crippen LogP contribution in [0.1, 0.15) is 5.69 Å². The summed E-state index contributed by atoms with van der Waals surface area (Å²) in [5.74, 6) is 0. The summed E-state index contributed by atoms with van der Waals surface area (Å²) in [6.45, 7) is 8.15. The summed E-state index contributed by atoms with van der Waals surface area (Å²) in [5.41, 5.74) is 1.61. The summed E-state index contributed by atoms with van der Waals surface area (Å²) in [5, 5.41) is 14.4. The van der Waals surface area contributed by atoms with Crippen LogP contribution < -0.4 is 0 Å². The molecular formula is C13H21N3O2Si. The van der Waals surface area contributed by atoms with Crippen LogP contribution in [0.5, 0.6) is 0 Å². The van der Waals surface area contributed by atoms with Crippen molar-refractivity contribution in [3.63, 3.8) is 0 Å². The SMILES string of the molecule is C[Si](C)(C)CCOCn1ncc2c(CO)nccc21. The van der Waals surface area contributed by atoms with Gasteiger partial charge >= 0.3 is 0 Å². The second-order valence-electron chi connectivity index (χ2n) is 5.84. The molecule has 2 heterocycles. The smallest absolute Gasteiger partial charge is 0.139 e. The van der Waals surface area contributed by atoms with Gasteiger partial charge in [0.2, 0.25) is 0 Å². The molecule has 0 amide bonds. The fourth-order valence-electron chi connectivity index (χ4n) is 1.82. The molecule has 0 radical (unpaired) electrons. The number of pyridine rings is 1. The van der Waals surface area contributed by atoms with E-state index in [0.29, 0.717) is 12.4 Å². The van der Waals surface area contributed by atoms with Crippen LogP contribution in [0.4, 0.5) is 0 Å². The van der Waals surface area contributed by atoms with Crippen molar-refractivity contribution in [2.45, 2.75) is 39.0 Å². The third kappa shape index (κ3) is 3.62. The average Bonchev–Trinajstić information content (AvgIpc) is 2.76. The molecule has 2 aromatic rings. The molecule has 0 aliphatic carbocycles. The first-order valence-electron chi connectivity index (χ1n) is 6.49. The summed E-state index contributed by atoms with van der Waals surface area (Å²) >= 11 is 0. The van der Waals surface area contributed by atoms with Crippen molar-refractivity contribution in [2.24, 2.45) is 0 Å². The molecule has 5 nitrogen and oxygen atoms in total. The van der Waals surface area contributed by atoms with E-state index in [1.54, 1.807) is 17.1 Å². The molecule has 0 aliphatic heterocycles. The third-order valence-corrected chi connectivity index (χ3v) is 4.72. The highest BCUT2D eigenvalue weighted by molar-refractivity contribution is 6.76. The molecular weight excluding hydrogens is 258 g/mol. The first kappa shape index (κ1) is 14.2. The molecule has 0 aromatic carbocycles. The average molecular weight is 279 g/mol. The van der Waals surface area contributed by atoms with Gasteiger partial charge in [-0.1, -0.05) is 19.6 Å². The fraction of sp³-hybridized carbons (Fsp3) is 0.538. The van der Waals surface area contributed by atoms with Crippen LogP contribution in [-0.2, 0) is 18.1 Å². The zero-order valence-electron chi connectivity index (χ0n) is 11.8. The number of ether oxygens (including phenoxy) is 1. The zero-order valence-corrected chi connectivity index (χ0v) is 12.8. The van der Waals surface area contributed by atoms with Crippen LogP contribution in [0.25, 0.3) is 10.9 Å². The molecule has 0 fully saturated rings. The summed E-state index contributed by atoms with van der Waals surface area (Å²) in [7, 11) is -1.05. The lowest BCUT2D eigenvalue weighted by atomic mass is 10.2. The van der Waals surface area contributed by atoms with E-state index in [-0.39, 0.29) is 6.61 Å². The van der Waals surface area contributed by atoms with Gasteiger partial charge in [0.15, 0.2) is 0 Å². The summed E-state index contributed by atoms with van der Waals surface area (Å²) < 4.78 is 7.49. The third-order valence-electron chi connectivity index (χ3n) is 3.01. The normalized spacial score (nSPS) is 12.2. The minimum atomic E-state index is -1.05. The minimum absolute atomic E-state index is 0.0699. The molecule has 2 aromatic heterocycles.